The third-order valence-corrected chi connectivity index (χ3v) is 3.75. The number of rotatable bonds is 4. The van der Waals surface area contributed by atoms with E-state index in [0.717, 1.165) is 0 Å². The number of hydrogen-bond donors (Lipinski definition) is 5. The highest BCUT2D eigenvalue weighted by Gasteiger charge is 2.45. The number of benzene rings is 1. The summed E-state index contributed by atoms with van der Waals surface area (Å²) in [6.45, 7) is -0.536. The van der Waals surface area contributed by atoms with Crippen molar-refractivity contribution in [1.29, 1.82) is 0 Å². The Labute approximate surface area is 127 Å². The number of aliphatic hydroxyl groups excluding tert-OH is 4. The van der Waals surface area contributed by atoms with Crippen molar-refractivity contribution in [1.82, 2.24) is 0 Å². The van der Waals surface area contributed by atoms with Gasteiger partial charge in [0.2, 0.25) is 5.75 Å². The maximum Gasteiger partial charge on any atom is 0.201 e. The third kappa shape index (κ3) is 2.71. The number of phenols is 1. The molecule has 1 fully saturated rings. The van der Waals surface area contributed by atoms with Gasteiger partial charge in [-0.15, -0.1) is 0 Å². The van der Waals surface area contributed by atoms with Crippen molar-refractivity contribution in [2.75, 3.05) is 20.8 Å². The van der Waals surface area contributed by atoms with Gasteiger partial charge < -0.3 is 39.7 Å². The maximum atomic E-state index is 10.1. The van der Waals surface area contributed by atoms with Gasteiger partial charge >= 0.3 is 0 Å². The number of ether oxygens (including phenoxy) is 3. The minimum Gasteiger partial charge on any atom is -0.502 e. The molecule has 0 bridgehead atoms. The van der Waals surface area contributed by atoms with E-state index < -0.39 is 37.1 Å². The molecule has 0 radical (unpaired) electrons. The Morgan fingerprint density at radius 1 is 1.05 bits per heavy atom. The van der Waals surface area contributed by atoms with Gasteiger partial charge in [-0.3, -0.25) is 0 Å². The molecule has 1 unspecified atom stereocenters. The van der Waals surface area contributed by atoms with Crippen LogP contribution in [0.25, 0.3) is 0 Å². The zero-order chi connectivity index (χ0) is 16.4. The molecule has 1 aliphatic rings. The number of hydrogen-bond acceptors (Lipinski definition) is 8. The molecule has 1 heterocycles. The van der Waals surface area contributed by atoms with Crippen molar-refractivity contribution in [2.24, 2.45) is 0 Å². The van der Waals surface area contributed by atoms with E-state index in [1.807, 2.05) is 0 Å². The molecule has 1 saturated heterocycles. The van der Waals surface area contributed by atoms with E-state index in [1.54, 1.807) is 0 Å². The Morgan fingerprint density at radius 2 is 1.73 bits per heavy atom. The van der Waals surface area contributed by atoms with Crippen molar-refractivity contribution in [3.05, 3.63) is 17.7 Å². The van der Waals surface area contributed by atoms with Crippen LogP contribution in [0.4, 0.5) is 0 Å². The zero-order valence-electron chi connectivity index (χ0n) is 12.2. The van der Waals surface area contributed by atoms with Gasteiger partial charge in [0.25, 0.3) is 0 Å². The number of methoxy groups -OCH3 is 2. The van der Waals surface area contributed by atoms with Crippen LogP contribution in [0.1, 0.15) is 11.7 Å². The summed E-state index contributed by atoms with van der Waals surface area (Å²) in [7, 11) is 2.70. The highest BCUT2D eigenvalue weighted by Crippen LogP contribution is 2.44. The molecule has 5 atom stereocenters. The van der Waals surface area contributed by atoms with Crippen molar-refractivity contribution in [3.8, 4) is 17.2 Å². The van der Waals surface area contributed by atoms with Gasteiger partial charge in [-0.2, -0.15) is 0 Å². The summed E-state index contributed by atoms with van der Waals surface area (Å²) in [5.74, 6) is -0.0895. The van der Waals surface area contributed by atoms with Crippen LogP contribution >= 0.6 is 0 Å². The predicted octanol–water partition coefficient (Wildman–Crippen LogP) is -1.08. The van der Waals surface area contributed by atoms with Crippen LogP contribution in [-0.4, -0.2) is 70.8 Å². The van der Waals surface area contributed by atoms with Crippen molar-refractivity contribution in [3.63, 3.8) is 0 Å². The van der Waals surface area contributed by atoms with Crippen LogP contribution < -0.4 is 9.47 Å². The Balaban J connectivity index is 2.44. The Bertz CT molecular complexity index is 518. The first-order chi connectivity index (χ1) is 10.5. The molecule has 0 spiro atoms. The molecule has 2 rings (SSSR count). The Morgan fingerprint density at radius 3 is 2.27 bits per heavy atom. The molecule has 124 valence electrons. The molecule has 5 N–H and O–H groups in total. The molecule has 0 aromatic heterocycles. The van der Waals surface area contributed by atoms with Crippen LogP contribution in [0.5, 0.6) is 17.2 Å². The van der Waals surface area contributed by atoms with E-state index in [4.69, 9.17) is 14.2 Å². The third-order valence-electron chi connectivity index (χ3n) is 3.75. The van der Waals surface area contributed by atoms with Gasteiger partial charge in [-0.05, 0) is 12.1 Å². The quantitative estimate of drug-likeness (QED) is 0.475. The molecule has 1 aromatic rings. The lowest BCUT2D eigenvalue weighted by Crippen LogP contribution is -2.55. The topological polar surface area (TPSA) is 129 Å². The molecule has 1 aromatic carbocycles. The SMILES string of the molecule is COc1ccc(C2O[C@H](CO)[C@@H](O)[C@H](O)[C@H]2O)c(OC)c1O. The maximum absolute atomic E-state index is 10.1. The minimum atomic E-state index is -1.51. The zero-order valence-corrected chi connectivity index (χ0v) is 12.2. The minimum absolute atomic E-state index is 0.0173. The first-order valence-corrected chi connectivity index (χ1v) is 6.70. The fourth-order valence-electron chi connectivity index (χ4n) is 2.53. The second-order valence-corrected chi connectivity index (χ2v) is 4.99. The van der Waals surface area contributed by atoms with Gasteiger partial charge in [-0.1, -0.05) is 0 Å². The van der Waals surface area contributed by atoms with Crippen LogP contribution in [0.3, 0.4) is 0 Å². The van der Waals surface area contributed by atoms with Crippen LogP contribution in [0, 0.1) is 0 Å². The summed E-state index contributed by atoms with van der Waals surface area (Å²) < 4.78 is 15.5. The Hall–Kier alpha value is -1.58. The summed E-state index contributed by atoms with van der Waals surface area (Å²) in [6, 6.07) is 2.96. The molecular formula is C14H20O8. The van der Waals surface area contributed by atoms with E-state index in [-0.39, 0.29) is 22.8 Å². The summed E-state index contributed by atoms with van der Waals surface area (Å²) >= 11 is 0. The first-order valence-electron chi connectivity index (χ1n) is 6.70. The fourth-order valence-corrected chi connectivity index (χ4v) is 2.53. The van der Waals surface area contributed by atoms with Gasteiger partial charge in [0.1, 0.15) is 30.5 Å². The average Bonchev–Trinajstić information content (AvgIpc) is 2.53. The molecular weight excluding hydrogens is 296 g/mol. The highest BCUT2D eigenvalue weighted by molar-refractivity contribution is 5.55. The second-order valence-electron chi connectivity index (χ2n) is 4.99. The number of aromatic hydroxyl groups is 1. The van der Waals surface area contributed by atoms with E-state index in [0.29, 0.717) is 0 Å². The monoisotopic (exact) mass is 316 g/mol. The highest BCUT2D eigenvalue weighted by atomic mass is 16.5. The smallest absolute Gasteiger partial charge is 0.201 e. The Kier molecular flexibility index (Phi) is 5.09. The summed E-state index contributed by atoms with van der Waals surface area (Å²) in [5, 5.41) is 49.1. The first kappa shape index (κ1) is 16.8. The van der Waals surface area contributed by atoms with Crippen molar-refractivity contribution < 1.29 is 39.7 Å². The summed E-state index contributed by atoms with van der Waals surface area (Å²) in [4.78, 5) is 0. The molecule has 1 aliphatic heterocycles. The van der Waals surface area contributed by atoms with Gasteiger partial charge in [0, 0.05) is 5.56 Å². The lowest BCUT2D eigenvalue weighted by Gasteiger charge is -2.40. The average molecular weight is 316 g/mol. The van der Waals surface area contributed by atoms with E-state index in [9.17, 15) is 25.5 Å². The molecule has 0 aliphatic carbocycles. The normalized spacial score (nSPS) is 31.8. The lowest BCUT2D eigenvalue weighted by atomic mass is 9.90. The number of phenolic OH excluding ortho intramolecular Hbond substituents is 1. The number of aliphatic hydroxyl groups is 4. The lowest BCUT2D eigenvalue weighted by molar-refractivity contribution is -0.232. The van der Waals surface area contributed by atoms with Crippen LogP contribution in [0.15, 0.2) is 12.1 Å². The van der Waals surface area contributed by atoms with Gasteiger partial charge in [0.15, 0.2) is 11.5 Å². The molecule has 22 heavy (non-hydrogen) atoms. The predicted molar refractivity (Wildman–Crippen MR) is 73.9 cm³/mol. The molecule has 8 heteroatoms. The fraction of sp³-hybridized carbons (Fsp3) is 0.571. The molecule has 8 nitrogen and oxygen atoms in total. The second kappa shape index (κ2) is 6.67. The van der Waals surface area contributed by atoms with Crippen molar-refractivity contribution in [2.45, 2.75) is 30.5 Å². The van der Waals surface area contributed by atoms with Crippen LogP contribution in [0.2, 0.25) is 0 Å². The van der Waals surface area contributed by atoms with E-state index in [2.05, 4.69) is 0 Å². The van der Waals surface area contributed by atoms with E-state index in [1.165, 1.54) is 26.4 Å². The van der Waals surface area contributed by atoms with Gasteiger partial charge in [-0.25, -0.2) is 0 Å². The summed E-state index contributed by atoms with van der Waals surface area (Å²) in [5.41, 5.74) is 0.262. The van der Waals surface area contributed by atoms with Crippen LogP contribution in [-0.2, 0) is 4.74 Å². The standard InChI is InChI=1S/C14H20O8/c1-20-7-4-3-6(13(21-2)10(7)17)14-12(19)11(18)9(16)8(5-15)22-14/h3-4,8-9,11-12,14-19H,5H2,1-2H3/t8-,9-,11+,12-,14?/m1/s1. The van der Waals surface area contributed by atoms with Crippen molar-refractivity contribution >= 4 is 0 Å². The molecule has 0 saturated carbocycles. The van der Waals surface area contributed by atoms with E-state index >= 15 is 0 Å². The van der Waals surface area contributed by atoms with Gasteiger partial charge in [0.05, 0.1) is 20.8 Å². The molecule has 0 amide bonds. The largest absolute Gasteiger partial charge is 0.502 e. The summed E-state index contributed by atoms with van der Waals surface area (Å²) in [6.07, 6.45) is -6.56.